The highest BCUT2D eigenvalue weighted by Crippen LogP contribution is 2.30. The van der Waals surface area contributed by atoms with Gasteiger partial charge in [0.1, 0.15) is 0 Å². The summed E-state index contributed by atoms with van der Waals surface area (Å²) in [7, 11) is 0. The molecule has 2 saturated carbocycles. The standard InChI is InChI=1S/C14H26N2O/c1-10(2)12-5-3-4-6-13(12)15-9-14(17)16-11-7-8-11/h10-13,15H,3-9H2,1-2H3,(H,16,17). The van der Waals surface area contributed by atoms with Gasteiger partial charge in [0.15, 0.2) is 0 Å². The zero-order valence-electron chi connectivity index (χ0n) is 11.2. The molecular formula is C14H26N2O. The molecular weight excluding hydrogens is 212 g/mol. The van der Waals surface area contributed by atoms with E-state index >= 15 is 0 Å². The molecule has 0 spiro atoms. The molecule has 1 amide bonds. The van der Waals surface area contributed by atoms with Crippen LogP contribution in [0.2, 0.25) is 0 Å². The Morgan fingerprint density at radius 2 is 1.88 bits per heavy atom. The first-order chi connectivity index (χ1) is 8.16. The summed E-state index contributed by atoms with van der Waals surface area (Å²) in [6.07, 6.45) is 7.56. The van der Waals surface area contributed by atoms with Gasteiger partial charge in [0.25, 0.3) is 0 Å². The summed E-state index contributed by atoms with van der Waals surface area (Å²) in [5.41, 5.74) is 0. The molecule has 2 N–H and O–H groups in total. The molecule has 2 unspecified atom stereocenters. The van der Waals surface area contributed by atoms with E-state index in [0.717, 1.165) is 11.8 Å². The van der Waals surface area contributed by atoms with Crippen LogP contribution in [0.5, 0.6) is 0 Å². The molecule has 17 heavy (non-hydrogen) atoms. The Labute approximate surface area is 105 Å². The molecule has 2 atom stereocenters. The second-order valence-electron chi connectivity index (χ2n) is 6.02. The Morgan fingerprint density at radius 3 is 2.53 bits per heavy atom. The third kappa shape index (κ3) is 3.98. The number of hydrogen-bond donors (Lipinski definition) is 2. The van der Waals surface area contributed by atoms with Crippen molar-refractivity contribution < 1.29 is 4.79 Å². The molecule has 0 aromatic carbocycles. The quantitative estimate of drug-likeness (QED) is 0.770. The summed E-state index contributed by atoms with van der Waals surface area (Å²) in [6, 6.07) is 1.03. The van der Waals surface area contributed by atoms with Crippen molar-refractivity contribution in [2.45, 2.75) is 64.5 Å². The Morgan fingerprint density at radius 1 is 1.18 bits per heavy atom. The maximum Gasteiger partial charge on any atom is 0.234 e. The fourth-order valence-electron chi connectivity index (χ4n) is 2.94. The third-order valence-electron chi connectivity index (χ3n) is 4.14. The highest BCUT2D eigenvalue weighted by molar-refractivity contribution is 5.78. The topological polar surface area (TPSA) is 41.1 Å². The molecule has 3 heteroatoms. The van der Waals surface area contributed by atoms with E-state index in [-0.39, 0.29) is 5.91 Å². The van der Waals surface area contributed by atoms with E-state index < -0.39 is 0 Å². The zero-order chi connectivity index (χ0) is 12.3. The van der Waals surface area contributed by atoms with Crippen LogP contribution < -0.4 is 10.6 Å². The molecule has 98 valence electrons. The van der Waals surface area contributed by atoms with Crippen LogP contribution in [0.1, 0.15) is 52.4 Å². The Bertz CT molecular complexity index is 261. The van der Waals surface area contributed by atoms with Gasteiger partial charge in [-0.05, 0) is 37.5 Å². The van der Waals surface area contributed by atoms with Crippen molar-refractivity contribution in [2.24, 2.45) is 11.8 Å². The van der Waals surface area contributed by atoms with E-state index in [9.17, 15) is 4.79 Å². The lowest BCUT2D eigenvalue weighted by Gasteiger charge is -2.35. The summed E-state index contributed by atoms with van der Waals surface area (Å²) in [6.45, 7) is 5.11. The van der Waals surface area contributed by atoms with Crippen molar-refractivity contribution in [2.75, 3.05) is 6.54 Å². The Kier molecular flexibility index (Phi) is 4.43. The van der Waals surface area contributed by atoms with E-state index in [1.165, 1.54) is 38.5 Å². The highest BCUT2D eigenvalue weighted by atomic mass is 16.2. The molecule has 0 aromatic rings. The van der Waals surface area contributed by atoms with Crippen molar-refractivity contribution in [1.29, 1.82) is 0 Å². The smallest absolute Gasteiger partial charge is 0.234 e. The van der Waals surface area contributed by atoms with Gasteiger partial charge in [-0.2, -0.15) is 0 Å². The minimum Gasteiger partial charge on any atom is -0.352 e. The normalized spacial score (nSPS) is 29.4. The molecule has 0 saturated heterocycles. The summed E-state index contributed by atoms with van der Waals surface area (Å²) in [4.78, 5) is 11.6. The van der Waals surface area contributed by atoms with Crippen molar-refractivity contribution in [3.8, 4) is 0 Å². The SMILES string of the molecule is CC(C)C1CCCCC1NCC(=O)NC1CC1. The number of carbonyl (C=O) groups is 1. The first-order valence-electron chi connectivity index (χ1n) is 7.19. The monoisotopic (exact) mass is 238 g/mol. The molecule has 2 rings (SSSR count). The van der Waals surface area contributed by atoms with Gasteiger partial charge in [-0.25, -0.2) is 0 Å². The maximum absolute atomic E-state index is 11.6. The highest BCUT2D eigenvalue weighted by Gasteiger charge is 2.28. The number of carbonyl (C=O) groups excluding carboxylic acids is 1. The predicted octanol–water partition coefficient (Wildman–Crippen LogP) is 2.07. The van der Waals surface area contributed by atoms with Gasteiger partial charge in [-0.15, -0.1) is 0 Å². The van der Waals surface area contributed by atoms with Crippen molar-refractivity contribution >= 4 is 5.91 Å². The van der Waals surface area contributed by atoms with E-state index in [1.807, 2.05) is 0 Å². The van der Waals surface area contributed by atoms with E-state index in [4.69, 9.17) is 0 Å². The lowest BCUT2D eigenvalue weighted by atomic mass is 9.78. The lowest BCUT2D eigenvalue weighted by Crippen LogP contribution is -2.45. The molecule has 0 heterocycles. The summed E-state index contributed by atoms with van der Waals surface area (Å²) in [5, 5.41) is 6.51. The van der Waals surface area contributed by atoms with Gasteiger partial charge >= 0.3 is 0 Å². The van der Waals surface area contributed by atoms with Crippen molar-refractivity contribution in [3.63, 3.8) is 0 Å². The van der Waals surface area contributed by atoms with Gasteiger partial charge in [0, 0.05) is 12.1 Å². The van der Waals surface area contributed by atoms with Crippen LogP contribution in [-0.4, -0.2) is 24.5 Å². The van der Waals surface area contributed by atoms with Crippen LogP contribution >= 0.6 is 0 Å². The average molecular weight is 238 g/mol. The molecule has 2 aliphatic carbocycles. The lowest BCUT2D eigenvalue weighted by molar-refractivity contribution is -0.120. The molecule has 3 nitrogen and oxygen atoms in total. The summed E-state index contributed by atoms with van der Waals surface area (Å²) >= 11 is 0. The van der Waals surface area contributed by atoms with Gasteiger partial charge in [-0.1, -0.05) is 26.7 Å². The third-order valence-corrected chi connectivity index (χ3v) is 4.14. The molecule has 0 aromatic heterocycles. The van der Waals surface area contributed by atoms with Crippen molar-refractivity contribution in [3.05, 3.63) is 0 Å². The Balaban J connectivity index is 1.73. The number of nitrogens with one attached hydrogen (secondary N) is 2. The first-order valence-corrected chi connectivity index (χ1v) is 7.19. The molecule has 0 radical (unpaired) electrons. The second-order valence-corrected chi connectivity index (χ2v) is 6.02. The average Bonchev–Trinajstić information content (AvgIpc) is 3.10. The second kappa shape index (κ2) is 5.85. The number of amides is 1. The van der Waals surface area contributed by atoms with Crippen LogP contribution in [0.25, 0.3) is 0 Å². The van der Waals surface area contributed by atoms with E-state index in [0.29, 0.717) is 18.6 Å². The maximum atomic E-state index is 11.6. The van der Waals surface area contributed by atoms with Crippen molar-refractivity contribution in [1.82, 2.24) is 10.6 Å². The van der Waals surface area contributed by atoms with Gasteiger partial charge < -0.3 is 10.6 Å². The van der Waals surface area contributed by atoms with Gasteiger partial charge in [-0.3, -0.25) is 4.79 Å². The molecule has 0 bridgehead atoms. The zero-order valence-corrected chi connectivity index (χ0v) is 11.2. The van der Waals surface area contributed by atoms with Crippen LogP contribution in [-0.2, 0) is 4.79 Å². The molecule has 2 aliphatic rings. The fraction of sp³-hybridized carbons (Fsp3) is 0.929. The number of hydrogen-bond acceptors (Lipinski definition) is 2. The molecule has 0 aliphatic heterocycles. The number of rotatable bonds is 5. The fourth-order valence-corrected chi connectivity index (χ4v) is 2.94. The summed E-state index contributed by atoms with van der Waals surface area (Å²) in [5.74, 6) is 1.65. The van der Waals surface area contributed by atoms with Crippen LogP contribution in [0.15, 0.2) is 0 Å². The van der Waals surface area contributed by atoms with Crippen LogP contribution in [0, 0.1) is 11.8 Å². The Hall–Kier alpha value is -0.570. The predicted molar refractivity (Wildman–Crippen MR) is 69.8 cm³/mol. The first kappa shape index (κ1) is 12.9. The molecule has 2 fully saturated rings. The van der Waals surface area contributed by atoms with Crippen LogP contribution in [0.3, 0.4) is 0 Å². The largest absolute Gasteiger partial charge is 0.352 e. The van der Waals surface area contributed by atoms with E-state index in [2.05, 4.69) is 24.5 Å². The summed E-state index contributed by atoms with van der Waals surface area (Å²) < 4.78 is 0. The van der Waals surface area contributed by atoms with Gasteiger partial charge in [0.2, 0.25) is 5.91 Å². The van der Waals surface area contributed by atoms with E-state index in [1.54, 1.807) is 0 Å². The van der Waals surface area contributed by atoms with Gasteiger partial charge in [0.05, 0.1) is 6.54 Å². The van der Waals surface area contributed by atoms with Crippen LogP contribution in [0.4, 0.5) is 0 Å². The minimum atomic E-state index is 0.181. The minimum absolute atomic E-state index is 0.181.